The summed E-state index contributed by atoms with van der Waals surface area (Å²) in [7, 11) is 0. The molecule has 0 aliphatic rings. The molecule has 5 heteroatoms. The first kappa shape index (κ1) is 34.4. The van der Waals surface area contributed by atoms with Gasteiger partial charge in [-0.05, 0) is 77.4 Å². The minimum atomic E-state index is 0.427. The Morgan fingerprint density at radius 3 is 1.05 bits per heavy atom. The number of hydrogen-bond donors (Lipinski definition) is 0. The van der Waals surface area contributed by atoms with Crippen LogP contribution in [0.5, 0.6) is 0 Å². The van der Waals surface area contributed by atoms with Crippen molar-refractivity contribution in [2.75, 3.05) is 0 Å². The molecule has 5 nitrogen and oxygen atoms in total. The molecule has 0 spiro atoms. The molecule has 0 bridgehead atoms. The van der Waals surface area contributed by atoms with Crippen LogP contribution in [0, 0.1) is 22.7 Å². The molecule has 3 aromatic heterocycles. The number of para-hydroxylation sites is 6. The van der Waals surface area contributed by atoms with Gasteiger partial charge in [-0.3, -0.25) is 0 Å². The molecule has 61 heavy (non-hydrogen) atoms. The molecule has 0 unspecified atom stereocenters. The lowest BCUT2D eigenvalue weighted by Crippen LogP contribution is -2.12. The summed E-state index contributed by atoms with van der Waals surface area (Å²) in [6.45, 7) is 0. The standard InChI is InChI=1S/C56H33N5/c57-34-36-30-37(35-58)32-39(31-36)46-33-53(59-47-24-10-4-18-40(47)41-19-5-11-25-48(41)59)55(60-49-26-12-6-20-42(49)43-21-7-13-27-50(43)60)56(54(46)38-16-2-1-3-17-38)61-51-28-14-8-22-44(51)45-23-9-15-29-52(45)61/h1-33H. The molecule has 0 fully saturated rings. The third kappa shape index (κ3) is 5.05. The fourth-order valence-corrected chi connectivity index (χ4v) is 9.80. The zero-order valence-corrected chi connectivity index (χ0v) is 32.8. The summed E-state index contributed by atoms with van der Waals surface area (Å²) < 4.78 is 7.33. The average molecular weight is 776 g/mol. The molecule has 0 atom stereocenters. The minimum absolute atomic E-state index is 0.427. The lowest BCUT2D eigenvalue weighted by atomic mass is 9.89. The smallest absolute Gasteiger partial charge is 0.0992 e. The molecule has 0 saturated heterocycles. The molecule has 0 aliphatic carbocycles. The quantitative estimate of drug-likeness (QED) is 0.175. The summed E-state index contributed by atoms with van der Waals surface area (Å²) in [4.78, 5) is 0. The molecule has 12 aromatic rings. The monoisotopic (exact) mass is 775 g/mol. The average Bonchev–Trinajstić information content (AvgIpc) is 3.97. The van der Waals surface area contributed by atoms with Gasteiger partial charge in [0, 0.05) is 37.9 Å². The van der Waals surface area contributed by atoms with E-state index in [0.717, 1.165) is 105 Å². The number of rotatable bonds is 5. The summed E-state index contributed by atoms with van der Waals surface area (Å²) in [6, 6.07) is 75.1. The maximum atomic E-state index is 10.4. The van der Waals surface area contributed by atoms with Crippen LogP contribution in [-0.4, -0.2) is 13.7 Å². The van der Waals surface area contributed by atoms with Crippen LogP contribution in [0.15, 0.2) is 200 Å². The van der Waals surface area contributed by atoms with Gasteiger partial charge in [0.1, 0.15) is 0 Å². The lowest BCUT2D eigenvalue weighted by molar-refractivity contribution is 1.05. The second-order valence-electron chi connectivity index (χ2n) is 15.5. The number of benzene rings is 9. The van der Waals surface area contributed by atoms with Crippen molar-refractivity contribution in [2.24, 2.45) is 0 Å². The maximum absolute atomic E-state index is 10.4. The van der Waals surface area contributed by atoms with E-state index in [2.05, 4.69) is 202 Å². The number of nitriles is 2. The van der Waals surface area contributed by atoms with Crippen molar-refractivity contribution < 1.29 is 0 Å². The number of nitrogens with zero attached hydrogens (tertiary/aromatic N) is 5. The second kappa shape index (κ2) is 13.5. The Morgan fingerprint density at radius 2 is 0.656 bits per heavy atom. The topological polar surface area (TPSA) is 62.4 Å². The molecule has 282 valence electrons. The highest BCUT2D eigenvalue weighted by atomic mass is 15.1. The SMILES string of the molecule is N#Cc1cc(C#N)cc(-c2cc(-n3c4ccccc4c4ccccc43)c(-n3c4ccccc4c4ccccc43)c(-n3c4ccccc4c4ccccc43)c2-c2ccccc2)c1. The van der Waals surface area contributed by atoms with E-state index < -0.39 is 0 Å². The van der Waals surface area contributed by atoms with Crippen LogP contribution in [0.3, 0.4) is 0 Å². The summed E-state index contributed by atoms with van der Waals surface area (Å²) in [5.74, 6) is 0. The Morgan fingerprint density at radius 1 is 0.311 bits per heavy atom. The van der Waals surface area contributed by atoms with Crippen LogP contribution >= 0.6 is 0 Å². The van der Waals surface area contributed by atoms with Crippen molar-refractivity contribution in [3.63, 3.8) is 0 Å². The van der Waals surface area contributed by atoms with Gasteiger partial charge in [-0.15, -0.1) is 0 Å². The second-order valence-corrected chi connectivity index (χ2v) is 15.5. The fraction of sp³-hybridized carbons (Fsp3) is 0. The zero-order valence-electron chi connectivity index (χ0n) is 32.8. The first-order valence-electron chi connectivity index (χ1n) is 20.4. The molecule has 3 heterocycles. The van der Waals surface area contributed by atoms with Crippen molar-refractivity contribution in [1.82, 2.24) is 13.7 Å². The summed E-state index contributed by atoms with van der Waals surface area (Å²) in [5, 5.41) is 27.7. The van der Waals surface area contributed by atoms with Gasteiger partial charge >= 0.3 is 0 Å². The van der Waals surface area contributed by atoms with Gasteiger partial charge < -0.3 is 13.7 Å². The predicted octanol–water partition coefficient (Wildman–Crippen LogP) is 14.1. The Hall–Kier alpha value is -8.64. The highest BCUT2D eigenvalue weighted by Gasteiger charge is 2.30. The van der Waals surface area contributed by atoms with Crippen molar-refractivity contribution >= 4 is 65.4 Å². The van der Waals surface area contributed by atoms with Crippen LogP contribution in [-0.2, 0) is 0 Å². The van der Waals surface area contributed by atoms with Gasteiger partial charge in [0.2, 0.25) is 0 Å². The van der Waals surface area contributed by atoms with Crippen LogP contribution in [0.2, 0.25) is 0 Å². The van der Waals surface area contributed by atoms with E-state index >= 15 is 0 Å². The summed E-state index contributed by atoms with van der Waals surface area (Å²) >= 11 is 0. The van der Waals surface area contributed by atoms with Crippen LogP contribution in [0.4, 0.5) is 0 Å². The summed E-state index contributed by atoms with van der Waals surface area (Å²) in [5.41, 5.74) is 13.9. The van der Waals surface area contributed by atoms with Gasteiger partial charge in [-0.25, -0.2) is 0 Å². The van der Waals surface area contributed by atoms with Crippen molar-refractivity contribution in [1.29, 1.82) is 10.5 Å². The molecule has 9 aromatic carbocycles. The normalized spacial score (nSPS) is 11.6. The number of hydrogen-bond acceptors (Lipinski definition) is 2. The molecule has 12 rings (SSSR count). The van der Waals surface area contributed by atoms with Gasteiger partial charge in [0.15, 0.2) is 0 Å². The molecule has 0 radical (unpaired) electrons. The molecule has 0 amide bonds. The lowest BCUT2D eigenvalue weighted by Gasteiger charge is -2.27. The van der Waals surface area contributed by atoms with E-state index in [1.165, 1.54) is 0 Å². The Balaban J connectivity index is 1.43. The highest BCUT2D eigenvalue weighted by Crippen LogP contribution is 2.50. The van der Waals surface area contributed by atoms with Gasteiger partial charge in [-0.2, -0.15) is 10.5 Å². The van der Waals surface area contributed by atoms with E-state index in [1.807, 2.05) is 18.2 Å². The van der Waals surface area contributed by atoms with E-state index in [-0.39, 0.29) is 0 Å². The largest absolute Gasteiger partial charge is 0.307 e. The first-order chi connectivity index (χ1) is 30.2. The Kier molecular flexibility index (Phi) is 7.59. The van der Waals surface area contributed by atoms with Crippen LogP contribution in [0.1, 0.15) is 11.1 Å². The fourth-order valence-electron chi connectivity index (χ4n) is 9.80. The van der Waals surface area contributed by atoms with Crippen molar-refractivity contribution in [3.8, 4) is 51.5 Å². The minimum Gasteiger partial charge on any atom is -0.307 e. The Bertz CT molecular complexity index is 3650. The van der Waals surface area contributed by atoms with Crippen molar-refractivity contribution in [3.05, 3.63) is 211 Å². The van der Waals surface area contributed by atoms with E-state index in [9.17, 15) is 10.5 Å². The van der Waals surface area contributed by atoms with E-state index in [4.69, 9.17) is 0 Å². The molecular formula is C56H33N5. The number of fused-ring (bicyclic) bond motifs is 9. The van der Waals surface area contributed by atoms with Gasteiger partial charge in [0.05, 0.1) is 73.4 Å². The van der Waals surface area contributed by atoms with E-state index in [0.29, 0.717) is 11.1 Å². The third-order valence-electron chi connectivity index (χ3n) is 12.2. The Labute approximate surface area is 351 Å². The predicted molar refractivity (Wildman–Crippen MR) is 250 cm³/mol. The maximum Gasteiger partial charge on any atom is 0.0992 e. The molecular weight excluding hydrogens is 743 g/mol. The molecule has 0 aliphatic heterocycles. The third-order valence-corrected chi connectivity index (χ3v) is 12.2. The van der Waals surface area contributed by atoms with Crippen LogP contribution < -0.4 is 0 Å². The zero-order chi connectivity index (χ0) is 40.6. The summed E-state index contributed by atoms with van der Waals surface area (Å²) in [6.07, 6.45) is 0. The van der Waals surface area contributed by atoms with Crippen LogP contribution in [0.25, 0.3) is 105 Å². The molecule has 0 saturated carbocycles. The molecule has 0 N–H and O–H groups in total. The van der Waals surface area contributed by atoms with Crippen molar-refractivity contribution in [2.45, 2.75) is 0 Å². The van der Waals surface area contributed by atoms with Gasteiger partial charge in [0.25, 0.3) is 0 Å². The highest BCUT2D eigenvalue weighted by molar-refractivity contribution is 6.15. The number of aromatic nitrogens is 3. The van der Waals surface area contributed by atoms with E-state index in [1.54, 1.807) is 6.07 Å². The van der Waals surface area contributed by atoms with Gasteiger partial charge in [-0.1, -0.05) is 140 Å². The first-order valence-corrected chi connectivity index (χ1v) is 20.4.